The van der Waals surface area contributed by atoms with Crippen molar-refractivity contribution in [1.82, 2.24) is 15.5 Å². The first-order chi connectivity index (χ1) is 19.2. The van der Waals surface area contributed by atoms with Crippen LogP contribution in [0.15, 0.2) is 30.3 Å². The summed E-state index contributed by atoms with van der Waals surface area (Å²) in [4.78, 5) is 68.7. The molecule has 10 nitrogen and oxygen atoms in total. The van der Waals surface area contributed by atoms with Crippen molar-refractivity contribution in [2.45, 2.75) is 98.6 Å². The third-order valence-corrected chi connectivity index (χ3v) is 7.83. The molecule has 2 rings (SSSR count). The van der Waals surface area contributed by atoms with Crippen molar-refractivity contribution in [2.75, 3.05) is 7.05 Å². The van der Waals surface area contributed by atoms with Gasteiger partial charge in [0.15, 0.2) is 12.2 Å². The van der Waals surface area contributed by atoms with Gasteiger partial charge in [-0.05, 0) is 37.2 Å². The van der Waals surface area contributed by atoms with Crippen LogP contribution < -0.4 is 10.6 Å². The van der Waals surface area contributed by atoms with E-state index in [2.05, 4.69) is 10.6 Å². The molecule has 10 heteroatoms. The van der Waals surface area contributed by atoms with Crippen molar-refractivity contribution in [3.63, 3.8) is 0 Å². The fourth-order valence-electron chi connectivity index (χ4n) is 4.74. The molecular formula is C31H47N3O7. The van der Waals surface area contributed by atoms with Crippen LogP contribution in [0.25, 0.3) is 0 Å². The molecule has 228 valence electrons. The molecule has 0 bridgehead atoms. The molecule has 2 N–H and O–H groups in total. The molecule has 7 atom stereocenters. The first-order valence-corrected chi connectivity index (χ1v) is 14.5. The Kier molecular flexibility index (Phi) is 12.3. The first kappa shape index (κ1) is 33.8. The zero-order valence-electron chi connectivity index (χ0n) is 25.8. The fourth-order valence-corrected chi connectivity index (χ4v) is 4.74. The van der Waals surface area contributed by atoms with Crippen LogP contribution in [0.3, 0.4) is 0 Å². The topological polar surface area (TPSA) is 131 Å². The molecule has 1 saturated heterocycles. The van der Waals surface area contributed by atoms with Crippen LogP contribution >= 0.6 is 0 Å². The Morgan fingerprint density at radius 3 is 1.98 bits per heavy atom. The zero-order valence-corrected chi connectivity index (χ0v) is 25.8. The smallest absolute Gasteiger partial charge is 0.329 e. The molecule has 0 aliphatic carbocycles. The van der Waals surface area contributed by atoms with Gasteiger partial charge in [0, 0.05) is 19.5 Å². The van der Waals surface area contributed by atoms with Crippen LogP contribution in [-0.2, 0) is 39.9 Å². The van der Waals surface area contributed by atoms with E-state index in [0.717, 1.165) is 5.56 Å². The van der Waals surface area contributed by atoms with Crippen molar-refractivity contribution < 1.29 is 33.4 Å². The van der Waals surface area contributed by atoms with Gasteiger partial charge < -0.3 is 25.0 Å². The number of carbonyl (C=O) groups excluding carboxylic acids is 5. The Balaban J connectivity index is 2.61. The van der Waals surface area contributed by atoms with Crippen LogP contribution in [-0.4, -0.2) is 71.9 Å². The number of likely N-dealkylation sites (N-methyl/N-ethyl adjacent to an activating group) is 1. The van der Waals surface area contributed by atoms with Crippen molar-refractivity contribution in [1.29, 1.82) is 0 Å². The average Bonchev–Trinajstić information content (AvgIpc) is 2.92. The number of nitrogens with one attached hydrogen (secondary N) is 2. The maximum Gasteiger partial charge on any atom is 0.329 e. The number of benzene rings is 1. The van der Waals surface area contributed by atoms with Gasteiger partial charge in [0.1, 0.15) is 12.1 Å². The summed E-state index contributed by atoms with van der Waals surface area (Å²) in [5.41, 5.74) is 0.763. The molecule has 7 unspecified atom stereocenters. The van der Waals surface area contributed by atoms with Gasteiger partial charge in [-0.2, -0.15) is 0 Å². The number of carbonyl (C=O) groups is 5. The summed E-state index contributed by atoms with van der Waals surface area (Å²) in [7, 11) is 1.47. The summed E-state index contributed by atoms with van der Waals surface area (Å²) in [6.07, 6.45) is -1.74. The predicted molar refractivity (Wildman–Crippen MR) is 154 cm³/mol. The van der Waals surface area contributed by atoms with E-state index in [9.17, 15) is 24.0 Å². The van der Waals surface area contributed by atoms with Crippen LogP contribution in [0.4, 0.5) is 0 Å². The zero-order chi connectivity index (χ0) is 31.0. The number of hydrogen-bond acceptors (Lipinski definition) is 7. The highest BCUT2D eigenvalue weighted by Crippen LogP contribution is 2.21. The molecule has 41 heavy (non-hydrogen) atoms. The molecule has 1 aliphatic heterocycles. The molecule has 3 amide bonds. The van der Waals surface area contributed by atoms with E-state index < -0.39 is 65.9 Å². The van der Waals surface area contributed by atoms with Gasteiger partial charge in [0.2, 0.25) is 5.91 Å². The molecule has 0 radical (unpaired) electrons. The molecule has 0 saturated carbocycles. The maximum absolute atomic E-state index is 13.7. The van der Waals surface area contributed by atoms with Gasteiger partial charge >= 0.3 is 11.9 Å². The molecule has 1 aromatic carbocycles. The second kappa shape index (κ2) is 15.0. The SMILES string of the molecule is CCC(C)C1NC(=O)C(Cc2ccccc2)OC(=O)C(C(C)C)N(C)C(=O)C(C(C)C)OC(=O)C(C)C(C)NC1=O. The molecule has 1 aliphatic rings. The Morgan fingerprint density at radius 2 is 1.44 bits per heavy atom. The van der Waals surface area contributed by atoms with Gasteiger partial charge in [-0.25, -0.2) is 4.79 Å². The minimum atomic E-state index is -1.25. The molecule has 1 heterocycles. The predicted octanol–water partition coefficient (Wildman–Crippen LogP) is 2.88. The van der Waals surface area contributed by atoms with Crippen LogP contribution in [0.1, 0.15) is 67.4 Å². The highest BCUT2D eigenvalue weighted by Gasteiger charge is 2.41. The molecule has 1 aromatic rings. The lowest BCUT2D eigenvalue weighted by molar-refractivity contribution is -0.173. The number of hydrogen-bond donors (Lipinski definition) is 2. The summed E-state index contributed by atoms with van der Waals surface area (Å²) in [6.45, 7) is 14.1. The van der Waals surface area contributed by atoms with E-state index in [4.69, 9.17) is 9.47 Å². The van der Waals surface area contributed by atoms with Gasteiger partial charge in [-0.3, -0.25) is 19.2 Å². The number of cyclic esters (lactones) is 2. The molecular weight excluding hydrogens is 526 g/mol. The Labute approximate surface area is 243 Å². The van der Waals surface area contributed by atoms with Gasteiger partial charge in [0.05, 0.1) is 5.92 Å². The Hall–Kier alpha value is -3.43. The second-order valence-corrected chi connectivity index (χ2v) is 11.8. The minimum Gasteiger partial charge on any atom is -0.452 e. The van der Waals surface area contributed by atoms with E-state index in [-0.39, 0.29) is 24.2 Å². The minimum absolute atomic E-state index is 0.0788. The third-order valence-electron chi connectivity index (χ3n) is 7.83. The van der Waals surface area contributed by atoms with Gasteiger partial charge in [-0.1, -0.05) is 78.3 Å². The quantitative estimate of drug-likeness (QED) is 0.501. The summed E-state index contributed by atoms with van der Waals surface area (Å²) < 4.78 is 11.5. The van der Waals surface area contributed by atoms with Gasteiger partial charge in [-0.15, -0.1) is 0 Å². The summed E-state index contributed by atoms with van der Waals surface area (Å²) in [6, 6.07) is 6.49. The summed E-state index contributed by atoms with van der Waals surface area (Å²) >= 11 is 0. The Morgan fingerprint density at radius 1 is 0.829 bits per heavy atom. The average molecular weight is 574 g/mol. The van der Waals surface area contributed by atoms with Crippen LogP contribution in [0, 0.1) is 23.7 Å². The Bertz CT molecular complexity index is 1070. The molecule has 0 spiro atoms. The third kappa shape index (κ3) is 8.78. The second-order valence-electron chi connectivity index (χ2n) is 11.8. The van der Waals surface area contributed by atoms with E-state index >= 15 is 0 Å². The number of ether oxygens (including phenoxy) is 2. The lowest BCUT2D eigenvalue weighted by Crippen LogP contribution is -2.57. The maximum atomic E-state index is 13.7. The van der Waals surface area contributed by atoms with Crippen molar-refractivity contribution in [3.8, 4) is 0 Å². The number of amides is 3. The van der Waals surface area contributed by atoms with E-state index in [1.165, 1.54) is 11.9 Å². The molecule has 0 aromatic heterocycles. The van der Waals surface area contributed by atoms with E-state index in [1.54, 1.807) is 41.5 Å². The van der Waals surface area contributed by atoms with Gasteiger partial charge in [0.25, 0.3) is 11.8 Å². The summed E-state index contributed by atoms with van der Waals surface area (Å²) in [5, 5.41) is 5.63. The van der Waals surface area contributed by atoms with Crippen LogP contribution in [0.2, 0.25) is 0 Å². The summed E-state index contributed by atoms with van der Waals surface area (Å²) in [5.74, 6) is -4.85. The number of rotatable bonds is 6. The van der Waals surface area contributed by atoms with Crippen molar-refractivity contribution >= 4 is 29.7 Å². The fraction of sp³-hybridized carbons (Fsp3) is 0.645. The lowest BCUT2D eigenvalue weighted by atomic mass is 9.95. The van der Waals surface area contributed by atoms with E-state index in [1.807, 2.05) is 44.2 Å². The first-order valence-electron chi connectivity index (χ1n) is 14.5. The normalized spacial score (nSPS) is 28.2. The highest BCUT2D eigenvalue weighted by molar-refractivity contribution is 5.93. The van der Waals surface area contributed by atoms with Crippen molar-refractivity contribution in [2.24, 2.45) is 23.7 Å². The van der Waals surface area contributed by atoms with Crippen LogP contribution in [0.5, 0.6) is 0 Å². The molecule has 1 fully saturated rings. The standard InChI is InChI=1S/C31H47N3O7/c1-10-19(6)24-28(36)32-21(8)20(7)30(38)41-26(18(4)5)29(37)34(9)25(17(2)3)31(39)40-23(27(35)33-24)16-22-14-12-11-13-15-22/h11-15,17-21,23-26H,10,16H2,1-9H3,(H,32,36)(H,33,35). The van der Waals surface area contributed by atoms with E-state index in [0.29, 0.717) is 6.42 Å². The van der Waals surface area contributed by atoms with Crippen molar-refractivity contribution in [3.05, 3.63) is 35.9 Å². The lowest BCUT2D eigenvalue weighted by Gasteiger charge is -2.35. The highest BCUT2D eigenvalue weighted by atomic mass is 16.6. The number of esters is 2. The monoisotopic (exact) mass is 573 g/mol. The number of nitrogens with zero attached hydrogens (tertiary/aromatic N) is 1. The largest absolute Gasteiger partial charge is 0.452 e.